The van der Waals surface area contributed by atoms with Crippen LogP contribution in [0.15, 0.2) is 30.3 Å². The Kier molecular flexibility index (Phi) is 6.55. The van der Waals surface area contributed by atoms with Gasteiger partial charge in [0.25, 0.3) is 0 Å². The molecule has 1 aromatic rings. The second-order valence-corrected chi connectivity index (χ2v) is 7.10. The third kappa shape index (κ3) is 6.45. The number of esters is 1. The number of carbonyl (C=O) groups excluding carboxylic acids is 3. The summed E-state index contributed by atoms with van der Waals surface area (Å²) in [5, 5.41) is 5.13. The summed E-state index contributed by atoms with van der Waals surface area (Å²) in [6, 6.07) is 7.68. The number of amides is 2. The molecule has 2 N–H and O–H groups in total. The highest BCUT2D eigenvalue weighted by molar-refractivity contribution is 5.92. The fourth-order valence-electron chi connectivity index (χ4n) is 2.06. The number of nitrogens with one attached hydrogen (secondary N) is 2. The third-order valence-corrected chi connectivity index (χ3v) is 3.19. The van der Waals surface area contributed by atoms with E-state index >= 15 is 0 Å². The first-order valence-corrected chi connectivity index (χ1v) is 7.91. The predicted molar refractivity (Wildman–Crippen MR) is 92.8 cm³/mol. The van der Waals surface area contributed by atoms with Crippen molar-refractivity contribution in [1.82, 2.24) is 10.6 Å². The lowest BCUT2D eigenvalue weighted by atomic mass is 10.0. The normalized spacial score (nSPS) is 12.7. The van der Waals surface area contributed by atoms with Gasteiger partial charge in [-0.1, -0.05) is 30.3 Å². The van der Waals surface area contributed by atoms with Crippen LogP contribution in [0.1, 0.15) is 46.2 Å². The summed E-state index contributed by atoms with van der Waals surface area (Å²) in [5.41, 5.74) is -1.38. The van der Waals surface area contributed by atoms with Gasteiger partial charge in [-0.3, -0.25) is 4.79 Å². The van der Waals surface area contributed by atoms with Crippen molar-refractivity contribution in [3.63, 3.8) is 0 Å². The summed E-state index contributed by atoms with van der Waals surface area (Å²) < 4.78 is 9.90. The minimum Gasteiger partial charge on any atom is -0.467 e. The zero-order valence-corrected chi connectivity index (χ0v) is 15.5. The lowest BCUT2D eigenvalue weighted by molar-refractivity contribution is -0.149. The number of methoxy groups -OCH3 is 1. The van der Waals surface area contributed by atoms with E-state index in [0.29, 0.717) is 5.56 Å². The van der Waals surface area contributed by atoms with E-state index in [4.69, 9.17) is 4.74 Å². The Morgan fingerprint density at radius 3 is 2.04 bits per heavy atom. The number of rotatable bonds is 5. The molecular weight excluding hydrogens is 324 g/mol. The van der Waals surface area contributed by atoms with Crippen molar-refractivity contribution in [1.29, 1.82) is 0 Å². The summed E-state index contributed by atoms with van der Waals surface area (Å²) in [4.78, 5) is 36.6. The first-order valence-electron chi connectivity index (χ1n) is 7.91. The molecule has 2 amide bonds. The molecule has 1 atom stereocenters. The minimum absolute atomic E-state index is 0.549. The maximum atomic E-state index is 12.7. The van der Waals surface area contributed by atoms with Gasteiger partial charge in [0.05, 0.1) is 7.11 Å². The van der Waals surface area contributed by atoms with Crippen molar-refractivity contribution in [2.24, 2.45) is 0 Å². The molecule has 138 valence electrons. The van der Waals surface area contributed by atoms with Gasteiger partial charge >= 0.3 is 12.1 Å². The molecule has 0 aromatic heterocycles. The molecule has 0 aliphatic heterocycles. The minimum atomic E-state index is -1.24. The lowest BCUT2D eigenvalue weighted by Crippen LogP contribution is -2.54. The maximum absolute atomic E-state index is 12.7. The highest BCUT2D eigenvalue weighted by Gasteiger charge is 2.34. The molecule has 25 heavy (non-hydrogen) atoms. The molecule has 0 aliphatic carbocycles. The number of hydrogen-bond acceptors (Lipinski definition) is 5. The molecule has 1 rings (SSSR count). The largest absolute Gasteiger partial charge is 0.467 e. The van der Waals surface area contributed by atoms with Gasteiger partial charge in [-0.15, -0.1) is 0 Å². The van der Waals surface area contributed by atoms with E-state index in [1.807, 2.05) is 0 Å². The molecule has 0 unspecified atom stereocenters. The van der Waals surface area contributed by atoms with Crippen LogP contribution in [0.25, 0.3) is 0 Å². The van der Waals surface area contributed by atoms with Crippen molar-refractivity contribution >= 4 is 18.0 Å². The Balaban J connectivity index is 3.01. The van der Waals surface area contributed by atoms with Crippen LogP contribution in [0.3, 0.4) is 0 Å². The second-order valence-electron chi connectivity index (χ2n) is 7.10. The number of carbonyl (C=O) groups is 3. The molecule has 0 saturated heterocycles. The first kappa shape index (κ1) is 20.5. The van der Waals surface area contributed by atoms with E-state index in [1.165, 1.54) is 21.0 Å². The Hall–Kier alpha value is -2.57. The number of alkyl carbamates (subject to hydrolysis) is 1. The van der Waals surface area contributed by atoms with Crippen molar-refractivity contribution in [3.8, 4) is 0 Å². The van der Waals surface area contributed by atoms with Crippen molar-refractivity contribution in [2.45, 2.75) is 51.8 Å². The van der Waals surface area contributed by atoms with Crippen LogP contribution in [0.2, 0.25) is 0 Å². The molecule has 0 spiro atoms. The zero-order valence-electron chi connectivity index (χ0n) is 15.5. The van der Waals surface area contributed by atoms with Crippen molar-refractivity contribution < 1.29 is 23.9 Å². The molecule has 1 aromatic carbocycles. The monoisotopic (exact) mass is 350 g/mol. The van der Waals surface area contributed by atoms with Gasteiger partial charge in [0.1, 0.15) is 17.2 Å². The molecule has 7 heteroatoms. The van der Waals surface area contributed by atoms with Crippen LogP contribution >= 0.6 is 0 Å². The van der Waals surface area contributed by atoms with E-state index in [2.05, 4.69) is 15.4 Å². The fraction of sp³-hybridized carbons (Fsp3) is 0.500. The molecular formula is C18H26N2O5. The molecule has 0 fully saturated rings. The zero-order chi connectivity index (χ0) is 19.3. The molecule has 0 saturated carbocycles. The highest BCUT2D eigenvalue weighted by Crippen LogP contribution is 2.17. The Labute approximate surface area is 148 Å². The number of benzene rings is 1. The molecule has 0 heterocycles. The second kappa shape index (κ2) is 8.00. The topological polar surface area (TPSA) is 93.7 Å². The van der Waals surface area contributed by atoms with Crippen molar-refractivity contribution in [3.05, 3.63) is 35.9 Å². The molecule has 0 bridgehead atoms. The fourth-order valence-corrected chi connectivity index (χ4v) is 2.06. The highest BCUT2D eigenvalue weighted by atomic mass is 16.6. The van der Waals surface area contributed by atoms with Gasteiger partial charge in [-0.2, -0.15) is 0 Å². The number of ether oxygens (including phenoxy) is 2. The average molecular weight is 350 g/mol. The molecule has 0 radical (unpaired) electrons. The van der Waals surface area contributed by atoms with E-state index in [-0.39, 0.29) is 0 Å². The number of hydrogen-bond donors (Lipinski definition) is 2. The Morgan fingerprint density at radius 1 is 1.00 bits per heavy atom. The van der Waals surface area contributed by atoms with Crippen LogP contribution in [-0.4, -0.2) is 36.2 Å². The predicted octanol–water partition coefficient (Wildman–Crippen LogP) is 2.32. The van der Waals surface area contributed by atoms with E-state index < -0.39 is 35.2 Å². The van der Waals surface area contributed by atoms with Gasteiger partial charge in [-0.05, 0) is 40.2 Å². The molecule has 0 aliphatic rings. The quantitative estimate of drug-likeness (QED) is 0.795. The third-order valence-electron chi connectivity index (χ3n) is 3.19. The Bertz CT molecular complexity index is 620. The smallest absolute Gasteiger partial charge is 0.408 e. The summed E-state index contributed by atoms with van der Waals surface area (Å²) >= 11 is 0. The van der Waals surface area contributed by atoms with Gasteiger partial charge < -0.3 is 20.1 Å². The summed E-state index contributed by atoms with van der Waals surface area (Å²) in [6.07, 6.45) is -0.729. The summed E-state index contributed by atoms with van der Waals surface area (Å²) in [5.74, 6) is -1.14. The van der Waals surface area contributed by atoms with Gasteiger partial charge in [0.2, 0.25) is 5.91 Å². The van der Waals surface area contributed by atoms with Crippen molar-refractivity contribution in [2.75, 3.05) is 7.11 Å². The SMILES string of the molecule is COC(=O)C(C)(C)NC(=O)[C@H](NC(=O)OC(C)(C)C)c1ccccc1. The van der Waals surface area contributed by atoms with Crippen LogP contribution in [0.4, 0.5) is 4.79 Å². The van der Waals surface area contributed by atoms with E-state index in [0.717, 1.165) is 0 Å². The average Bonchev–Trinajstić information content (AvgIpc) is 2.50. The lowest BCUT2D eigenvalue weighted by Gasteiger charge is -2.28. The van der Waals surface area contributed by atoms with Gasteiger partial charge in [-0.25, -0.2) is 9.59 Å². The first-order chi connectivity index (χ1) is 11.5. The van der Waals surface area contributed by atoms with E-state index in [9.17, 15) is 14.4 Å². The summed E-state index contributed by atoms with van der Waals surface area (Å²) in [6.45, 7) is 8.22. The standard InChI is InChI=1S/C18H26N2O5/c1-17(2,3)25-16(23)19-13(12-10-8-7-9-11-12)14(21)20-18(4,5)15(22)24-6/h7-11,13H,1-6H3,(H,19,23)(H,20,21)/t13-/m1/s1. The Morgan fingerprint density at radius 2 is 1.56 bits per heavy atom. The van der Waals surface area contributed by atoms with E-state index in [1.54, 1.807) is 51.1 Å². The maximum Gasteiger partial charge on any atom is 0.408 e. The molecule has 7 nitrogen and oxygen atoms in total. The van der Waals surface area contributed by atoms with Crippen LogP contribution in [0, 0.1) is 0 Å². The van der Waals surface area contributed by atoms with Crippen LogP contribution in [0.5, 0.6) is 0 Å². The van der Waals surface area contributed by atoms with Crippen LogP contribution in [-0.2, 0) is 19.1 Å². The summed E-state index contributed by atoms with van der Waals surface area (Å²) in [7, 11) is 1.24. The van der Waals surface area contributed by atoms with Crippen LogP contribution < -0.4 is 10.6 Å². The van der Waals surface area contributed by atoms with Gasteiger partial charge in [0.15, 0.2) is 0 Å². The van der Waals surface area contributed by atoms with Gasteiger partial charge in [0, 0.05) is 0 Å².